The fraction of sp³-hybridized carbons (Fsp3) is 0.286. The van der Waals surface area contributed by atoms with Crippen LogP contribution in [0.1, 0.15) is 12.7 Å². The Labute approximate surface area is 74.1 Å². The minimum absolute atomic E-state index is 0.566. The summed E-state index contributed by atoms with van der Waals surface area (Å²) in [5, 5.41) is 0. The highest BCUT2D eigenvalue weighted by Gasteiger charge is 2.01. The Morgan fingerprint density at radius 3 is 3.08 bits per heavy atom. The molecule has 2 N–H and O–H groups in total. The lowest BCUT2D eigenvalue weighted by molar-refractivity contribution is 0.997. The van der Waals surface area contributed by atoms with Crippen molar-refractivity contribution in [3.8, 4) is 0 Å². The van der Waals surface area contributed by atoms with Gasteiger partial charge in [-0.1, -0.05) is 19.1 Å². The molecule has 4 nitrogen and oxygen atoms in total. The number of hydrogen-bond acceptors (Lipinski definition) is 3. The van der Waals surface area contributed by atoms with Crippen molar-refractivity contribution in [1.82, 2.24) is 19.9 Å². The van der Waals surface area contributed by atoms with Gasteiger partial charge in [-0.25, -0.2) is 9.97 Å². The number of aromatic amines is 2. The number of fused-ring (bicyclic) bond motifs is 1. The highest BCUT2D eigenvalue weighted by molar-refractivity contribution is 7.71. The van der Waals surface area contributed by atoms with E-state index in [1.54, 1.807) is 6.33 Å². The van der Waals surface area contributed by atoms with Crippen molar-refractivity contribution in [3.63, 3.8) is 0 Å². The molecule has 0 saturated carbocycles. The highest BCUT2D eigenvalue weighted by atomic mass is 32.1. The number of nitrogens with one attached hydrogen (secondary N) is 2. The normalized spacial score (nSPS) is 10.8. The number of imidazole rings is 1. The minimum atomic E-state index is 0.566. The summed E-state index contributed by atoms with van der Waals surface area (Å²) in [6, 6.07) is 0. The number of H-pyrrole nitrogens is 2. The van der Waals surface area contributed by atoms with E-state index in [4.69, 9.17) is 12.2 Å². The predicted octanol–water partition coefficient (Wildman–Crippen LogP) is 1.58. The van der Waals surface area contributed by atoms with Crippen LogP contribution < -0.4 is 0 Å². The van der Waals surface area contributed by atoms with Gasteiger partial charge in [0.1, 0.15) is 11.3 Å². The van der Waals surface area contributed by atoms with Crippen LogP contribution in [-0.4, -0.2) is 19.9 Å². The van der Waals surface area contributed by atoms with Crippen LogP contribution in [-0.2, 0) is 6.42 Å². The van der Waals surface area contributed by atoms with Crippen molar-refractivity contribution in [3.05, 3.63) is 16.8 Å². The van der Waals surface area contributed by atoms with Crippen LogP contribution in [0.5, 0.6) is 0 Å². The third-order valence-corrected chi connectivity index (χ3v) is 1.99. The van der Waals surface area contributed by atoms with E-state index in [9.17, 15) is 0 Å². The summed E-state index contributed by atoms with van der Waals surface area (Å²) in [6.45, 7) is 2.04. The van der Waals surface area contributed by atoms with Crippen molar-refractivity contribution in [2.45, 2.75) is 13.3 Å². The number of nitrogens with zero attached hydrogens (tertiary/aromatic N) is 2. The molecule has 0 spiro atoms. The molecule has 0 fully saturated rings. The molecule has 0 aliphatic rings. The molecule has 2 heterocycles. The first-order valence-corrected chi connectivity index (χ1v) is 4.14. The quantitative estimate of drug-likeness (QED) is 0.655. The summed E-state index contributed by atoms with van der Waals surface area (Å²) in [7, 11) is 0. The van der Waals surface area contributed by atoms with Gasteiger partial charge in [0.05, 0.1) is 6.33 Å². The summed E-state index contributed by atoms with van der Waals surface area (Å²) in [4.78, 5) is 14.2. The van der Waals surface area contributed by atoms with Crippen LogP contribution in [0.25, 0.3) is 11.2 Å². The molecule has 12 heavy (non-hydrogen) atoms. The first kappa shape index (κ1) is 7.42. The van der Waals surface area contributed by atoms with Gasteiger partial charge in [0.2, 0.25) is 0 Å². The number of aryl methyl sites for hydroxylation is 1. The summed E-state index contributed by atoms with van der Waals surface area (Å²) in [6.07, 6.45) is 2.43. The predicted molar refractivity (Wildman–Crippen MR) is 48.5 cm³/mol. The molecule has 2 rings (SSSR count). The van der Waals surface area contributed by atoms with E-state index in [-0.39, 0.29) is 0 Å². The van der Waals surface area contributed by atoms with Gasteiger partial charge in [-0.05, 0) is 0 Å². The van der Waals surface area contributed by atoms with Gasteiger partial charge in [0.25, 0.3) is 0 Å². The molecule has 0 aliphatic heterocycles. The van der Waals surface area contributed by atoms with Crippen LogP contribution in [0.4, 0.5) is 0 Å². The Morgan fingerprint density at radius 2 is 2.42 bits per heavy atom. The summed E-state index contributed by atoms with van der Waals surface area (Å²) in [5.74, 6) is 0.931. The summed E-state index contributed by atoms with van der Waals surface area (Å²) in [5.41, 5.74) is 1.61. The Hall–Kier alpha value is -1.23. The van der Waals surface area contributed by atoms with Crippen LogP contribution in [0.3, 0.4) is 0 Å². The van der Waals surface area contributed by atoms with Crippen molar-refractivity contribution >= 4 is 23.4 Å². The molecule has 5 heteroatoms. The molecule has 0 unspecified atom stereocenters. The lowest BCUT2D eigenvalue weighted by Crippen LogP contribution is -1.80. The van der Waals surface area contributed by atoms with E-state index < -0.39 is 0 Å². The van der Waals surface area contributed by atoms with Crippen LogP contribution >= 0.6 is 12.2 Å². The smallest absolute Gasteiger partial charge is 0.160 e. The Bertz CT molecular complexity index is 456. The maximum absolute atomic E-state index is 5.01. The van der Waals surface area contributed by atoms with E-state index in [0.29, 0.717) is 4.64 Å². The van der Waals surface area contributed by atoms with Crippen LogP contribution in [0.2, 0.25) is 0 Å². The molecule has 0 amide bonds. The second-order valence-electron chi connectivity index (χ2n) is 2.47. The molecule has 0 radical (unpaired) electrons. The fourth-order valence-corrected chi connectivity index (χ4v) is 1.27. The third-order valence-electron chi connectivity index (χ3n) is 1.68. The molecular formula is C7H8N4S. The third kappa shape index (κ3) is 1.02. The standard InChI is InChI=1S/C7H8N4S/c1-2-4-10-5-6(11-4)8-3-9-7(5)12/h3H,2H2,1H3,(H2,8,9,10,11,12). The molecule has 2 aromatic heterocycles. The van der Waals surface area contributed by atoms with Crippen molar-refractivity contribution in [2.75, 3.05) is 0 Å². The van der Waals surface area contributed by atoms with Crippen LogP contribution in [0, 0.1) is 4.64 Å². The molecule has 0 atom stereocenters. The second-order valence-corrected chi connectivity index (χ2v) is 2.86. The lowest BCUT2D eigenvalue weighted by Gasteiger charge is -1.84. The minimum Gasteiger partial charge on any atom is -0.338 e. The monoisotopic (exact) mass is 180 g/mol. The van der Waals surface area contributed by atoms with Gasteiger partial charge >= 0.3 is 0 Å². The van der Waals surface area contributed by atoms with Crippen molar-refractivity contribution < 1.29 is 0 Å². The average Bonchev–Trinajstić information content (AvgIpc) is 2.49. The van der Waals surface area contributed by atoms with Crippen molar-refractivity contribution in [2.24, 2.45) is 0 Å². The first-order chi connectivity index (χ1) is 5.81. The van der Waals surface area contributed by atoms with Gasteiger partial charge in [-0.3, -0.25) is 0 Å². The molecular weight excluding hydrogens is 172 g/mol. The summed E-state index contributed by atoms with van der Waals surface area (Å²) >= 11 is 5.01. The van der Waals surface area contributed by atoms with Gasteiger partial charge in [0.15, 0.2) is 10.3 Å². The fourth-order valence-electron chi connectivity index (χ4n) is 1.07. The average molecular weight is 180 g/mol. The zero-order valence-corrected chi connectivity index (χ0v) is 7.40. The first-order valence-electron chi connectivity index (χ1n) is 3.73. The summed E-state index contributed by atoms with van der Waals surface area (Å²) < 4.78 is 0.566. The maximum atomic E-state index is 5.01. The van der Waals surface area contributed by atoms with E-state index in [1.165, 1.54) is 0 Å². The lowest BCUT2D eigenvalue weighted by atomic mass is 10.5. The molecule has 62 valence electrons. The van der Waals surface area contributed by atoms with Crippen LogP contribution in [0.15, 0.2) is 6.33 Å². The van der Waals surface area contributed by atoms with Gasteiger partial charge in [-0.15, -0.1) is 0 Å². The molecule has 2 aromatic rings. The Balaban J connectivity index is 2.83. The maximum Gasteiger partial charge on any atom is 0.160 e. The number of hydrogen-bond donors (Lipinski definition) is 2. The van der Waals surface area contributed by atoms with Gasteiger partial charge in [0, 0.05) is 6.42 Å². The van der Waals surface area contributed by atoms with Gasteiger partial charge < -0.3 is 9.97 Å². The SMILES string of the molecule is CCc1nc2[nH]cnc(=S)c2[nH]1. The van der Waals surface area contributed by atoms with E-state index in [0.717, 1.165) is 23.4 Å². The second kappa shape index (κ2) is 2.67. The zero-order chi connectivity index (χ0) is 8.55. The molecule has 0 saturated heterocycles. The van der Waals surface area contributed by atoms with E-state index in [2.05, 4.69) is 19.9 Å². The number of rotatable bonds is 1. The number of aromatic nitrogens is 4. The Kier molecular flexibility index (Phi) is 1.65. The molecule has 0 aliphatic carbocycles. The van der Waals surface area contributed by atoms with E-state index in [1.807, 2.05) is 6.92 Å². The highest BCUT2D eigenvalue weighted by Crippen LogP contribution is 2.07. The van der Waals surface area contributed by atoms with Crippen molar-refractivity contribution in [1.29, 1.82) is 0 Å². The van der Waals surface area contributed by atoms with E-state index >= 15 is 0 Å². The zero-order valence-electron chi connectivity index (χ0n) is 6.59. The molecule has 0 bridgehead atoms. The van der Waals surface area contributed by atoms with Gasteiger partial charge in [-0.2, -0.15) is 0 Å². The molecule has 0 aromatic carbocycles. The topological polar surface area (TPSA) is 57.4 Å². The Morgan fingerprint density at radius 1 is 1.58 bits per heavy atom. The largest absolute Gasteiger partial charge is 0.338 e.